The van der Waals surface area contributed by atoms with Crippen LogP contribution in [0.4, 0.5) is 0 Å². The van der Waals surface area contributed by atoms with E-state index >= 15 is 0 Å². The summed E-state index contributed by atoms with van der Waals surface area (Å²) in [5.41, 5.74) is 1.86. The van der Waals surface area contributed by atoms with Crippen molar-refractivity contribution in [1.29, 1.82) is 0 Å². The molecule has 6 nitrogen and oxygen atoms in total. The first-order valence-electron chi connectivity index (χ1n) is 10.9. The van der Waals surface area contributed by atoms with Crippen LogP contribution in [-0.4, -0.2) is 45.2 Å². The van der Waals surface area contributed by atoms with E-state index in [9.17, 15) is 9.59 Å². The van der Waals surface area contributed by atoms with E-state index in [1.807, 2.05) is 12.1 Å². The molecule has 1 amide bonds. The molecule has 2 aliphatic rings. The van der Waals surface area contributed by atoms with Crippen LogP contribution < -0.4 is 15.4 Å². The molecule has 3 rings (SSSR count). The van der Waals surface area contributed by atoms with Crippen molar-refractivity contribution in [3.05, 3.63) is 29.3 Å². The molecule has 2 fully saturated rings. The third kappa shape index (κ3) is 5.95. The standard InChI is InChI=1S/C23H34N2O4/c1-28-21-15-18(17-11-13-24-14-12-17)6-9-20(21)23(27)25-19-7-3-16(4-8-19)5-10-22(26)29-2/h6,9,15-17,19,24H,3-5,7-8,10-14H2,1-2H3,(H,25,27). The monoisotopic (exact) mass is 402 g/mol. The van der Waals surface area contributed by atoms with E-state index < -0.39 is 0 Å². The number of carbonyl (C=O) groups excluding carboxylic acids is 2. The maximum absolute atomic E-state index is 12.9. The smallest absolute Gasteiger partial charge is 0.305 e. The fraction of sp³-hybridized carbons (Fsp3) is 0.652. The summed E-state index contributed by atoms with van der Waals surface area (Å²) in [6.07, 6.45) is 7.57. The highest BCUT2D eigenvalue weighted by atomic mass is 16.5. The molecule has 0 radical (unpaired) electrons. The molecule has 1 saturated carbocycles. The van der Waals surface area contributed by atoms with Crippen LogP contribution in [0.2, 0.25) is 0 Å². The van der Waals surface area contributed by atoms with Crippen LogP contribution in [0, 0.1) is 5.92 Å². The zero-order valence-corrected chi connectivity index (χ0v) is 17.7. The Kier molecular flexibility index (Phi) is 7.92. The molecule has 2 N–H and O–H groups in total. The van der Waals surface area contributed by atoms with E-state index in [-0.39, 0.29) is 17.9 Å². The fourth-order valence-electron chi connectivity index (χ4n) is 4.59. The van der Waals surface area contributed by atoms with Crippen LogP contribution in [0.5, 0.6) is 5.75 Å². The predicted octanol–water partition coefficient (Wildman–Crippen LogP) is 3.40. The van der Waals surface area contributed by atoms with Gasteiger partial charge in [-0.25, -0.2) is 0 Å². The molecule has 1 aliphatic carbocycles. The summed E-state index contributed by atoms with van der Waals surface area (Å²) >= 11 is 0. The second kappa shape index (κ2) is 10.6. The van der Waals surface area contributed by atoms with Gasteiger partial charge in [0.05, 0.1) is 19.8 Å². The molecule has 0 unspecified atom stereocenters. The van der Waals surface area contributed by atoms with Crippen molar-refractivity contribution in [2.75, 3.05) is 27.3 Å². The minimum atomic E-state index is -0.138. The number of piperidine rings is 1. The highest BCUT2D eigenvalue weighted by Crippen LogP contribution is 2.31. The zero-order chi connectivity index (χ0) is 20.6. The number of carbonyl (C=O) groups is 2. The normalized spacial score (nSPS) is 22.7. The zero-order valence-electron chi connectivity index (χ0n) is 17.7. The van der Waals surface area contributed by atoms with Crippen LogP contribution >= 0.6 is 0 Å². The first-order valence-corrected chi connectivity index (χ1v) is 10.9. The number of ether oxygens (including phenoxy) is 2. The van der Waals surface area contributed by atoms with Gasteiger partial charge < -0.3 is 20.1 Å². The van der Waals surface area contributed by atoms with Gasteiger partial charge in [-0.3, -0.25) is 9.59 Å². The molecule has 1 heterocycles. The van der Waals surface area contributed by atoms with Gasteiger partial charge in [0, 0.05) is 12.5 Å². The van der Waals surface area contributed by atoms with E-state index in [0.29, 0.717) is 29.6 Å². The first kappa shape index (κ1) is 21.6. The average molecular weight is 403 g/mol. The third-order valence-corrected chi connectivity index (χ3v) is 6.45. The van der Waals surface area contributed by atoms with E-state index in [1.54, 1.807) is 7.11 Å². The molecule has 29 heavy (non-hydrogen) atoms. The highest BCUT2D eigenvalue weighted by Gasteiger charge is 2.25. The van der Waals surface area contributed by atoms with E-state index in [0.717, 1.165) is 58.0 Å². The van der Waals surface area contributed by atoms with Crippen LogP contribution in [0.15, 0.2) is 18.2 Å². The van der Waals surface area contributed by atoms with Crippen LogP contribution in [0.1, 0.15) is 73.2 Å². The number of hydrogen-bond acceptors (Lipinski definition) is 5. The number of amides is 1. The lowest BCUT2D eigenvalue weighted by Gasteiger charge is -2.29. The summed E-state index contributed by atoms with van der Waals surface area (Å²) in [5.74, 6) is 1.53. The van der Waals surface area contributed by atoms with Crippen molar-refractivity contribution in [1.82, 2.24) is 10.6 Å². The Morgan fingerprint density at radius 3 is 2.45 bits per heavy atom. The lowest BCUT2D eigenvalue weighted by Crippen LogP contribution is -2.37. The molecule has 160 valence electrons. The number of nitrogens with one attached hydrogen (secondary N) is 2. The average Bonchev–Trinajstić information content (AvgIpc) is 2.78. The SMILES string of the molecule is COC(=O)CCC1CCC(NC(=O)c2ccc(C3CCNCC3)cc2OC)CC1. The summed E-state index contributed by atoms with van der Waals surface area (Å²) in [5, 5.41) is 6.57. The Labute approximate surface area is 173 Å². The van der Waals surface area contributed by atoms with Crippen LogP contribution in [0.3, 0.4) is 0 Å². The Morgan fingerprint density at radius 2 is 1.79 bits per heavy atom. The van der Waals surface area contributed by atoms with Crippen molar-refractivity contribution >= 4 is 11.9 Å². The van der Waals surface area contributed by atoms with Gasteiger partial charge in [0.2, 0.25) is 0 Å². The molecule has 6 heteroatoms. The lowest BCUT2D eigenvalue weighted by atomic mass is 9.83. The number of benzene rings is 1. The summed E-state index contributed by atoms with van der Waals surface area (Å²) in [6, 6.07) is 6.21. The summed E-state index contributed by atoms with van der Waals surface area (Å²) in [4.78, 5) is 24.2. The largest absolute Gasteiger partial charge is 0.496 e. The number of hydrogen-bond donors (Lipinski definition) is 2. The van der Waals surface area contributed by atoms with Gasteiger partial charge >= 0.3 is 5.97 Å². The molecule has 1 aliphatic heterocycles. The van der Waals surface area contributed by atoms with Crippen molar-refractivity contribution in [3.8, 4) is 5.75 Å². The van der Waals surface area contributed by atoms with Gasteiger partial charge in [-0.1, -0.05) is 6.07 Å². The summed E-state index contributed by atoms with van der Waals surface area (Å²) in [6.45, 7) is 2.08. The van der Waals surface area contributed by atoms with Gasteiger partial charge in [0.1, 0.15) is 5.75 Å². The van der Waals surface area contributed by atoms with Crippen molar-refractivity contribution in [3.63, 3.8) is 0 Å². The number of esters is 1. The Balaban J connectivity index is 1.53. The predicted molar refractivity (Wildman–Crippen MR) is 112 cm³/mol. The molecule has 0 bridgehead atoms. The number of rotatable bonds is 7. The minimum absolute atomic E-state index is 0.0586. The molecule has 1 saturated heterocycles. The molecule has 0 atom stereocenters. The topological polar surface area (TPSA) is 76.7 Å². The lowest BCUT2D eigenvalue weighted by molar-refractivity contribution is -0.141. The van der Waals surface area contributed by atoms with Gasteiger partial charge in [0.15, 0.2) is 0 Å². The molecular formula is C23H34N2O4. The second-order valence-electron chi connectivity index (χ2n) is 8.29. The first-order chi connectivity index (χ1) is 14.1. The Morgan fingerprint density at radius 1 is 1.07 bits per heavy atom. The fourth-order valence-corrected chi connectivity index (χ4v) is 4.59. The molecule has 0 aromatic heterocycles. The van der Waals surface area contributed by atoms with Gasteiger partial charge in [0.25, 0.3) is 5.91 Å². The van der Waals surface area contributed by atoms with Crippen molar-refractivity contribution in [2.45, 2.75) is 63.3 Å². The van der Waals surface area contributed by atoms with E-state index in [2.05, 4.69) is 16.7 Å². The maximum atomic E-state index is 12.9. The van der Waals surface area contributed by atoms with E-state index in [1.165, 1.54) is 12.7 Å². The number of methoxy groups -OCH3 is 2. The summed E-state index contributed by atoms with van der Waals surface area (Å²) < 4.78 is 10.3. The van der Waals surface area contributed by atoms with Crippen molar-refractivity contribution in [2.24, 2.45) is 5.92 Å². The maximum Gasteiger partial charge on any atom is 0.305 e. The van der Waals surface area contributed by atoms with Crippen molar-refractivity contribution < 1.29 is 19.1 Å². The third-order valence-electron chi connectivity index (χ3n) is 6.45. The highest BCUT2D eigenvalue weighted by molar-refractivity contribution is 5.97. The van der Waals surface area contributed by atoms with Crippen LogP contribution in [0.25, 0.3) is 0 Å². The minimum Gasteiger partial charge on any atom is -0.496 e. The van der Waals surface area contributed by atoms with Gasteiger partial charge in [-0.05, 0) is 87.6 Å². The Hall–Kier alpha value is -2.08. The van der Waals surface area contributed by atoms with E-state index in [4.69, 9.17) is 9.47 Å². The Bertz CT molecular complexity index is 692. The molecular weight excluding hydrogens is 368 g/mol. The van der Waals surface area contributed by atoms with Crippen LogP contribution in [-0.2, 0) is 9.53 Å². The molecule has 1 aromatic carbocycles. The molecule has 0 spiro atoms. The van der Waals surface area contributed by atoms with Gasteiger partial charge in [-0.2, -0.15) is 0 Å². The summed E-state index contributed by atoms with van der Waals surface area (Å²) in [7, 11) is 3.06. The quantitative estimate of drug-likeness (QED) is 0.684. The van der Waals surface area contributed by atoms with Gasteiger partial charge in [-0.15, -0.1) is 0 Å². The second-order valence-corrected chi connectivity index (χ2v) is 8.29. The molecule has 1 aromatic rings.